The Hall–Kier alpha value is -3.36. The van der Waals surface area contributed by atoms with Crippen LogP contribution in [0.2, 0.25) is 0 Å². The van der Waals surface area contributed by atoms with E-state index in [1.807, 2.05) is 18.2 Å². The summed E-state index contributed by atoms with van der Waals surface area (Å²) in [7, 11) is 3.40. The number of fused-ring (bicyclic) bond motifs is 1. The van der Waals surface area contributed by atoms with Crippen molar-refractivity contribution in [3.63, 3.8) is 0 Å². The van der Waals surface area contributed by atoms with Crippen LogP contribution >= 0.6 is 0 Å². The Labute approximate surface area is 149 Å². The first-order chi connectivity index (χ1) is 12.4. The van der Waals surface area contributed by atoms with Crippen LogP contribution in [0, 0.1) is 0 Å². The summed E-state index contributed by atoms with van der Waals surface area (Å²) in [6, 6.07) is 6.91. The number of rotatable bonds is 6. The van der Waals surface area contributed by atoms with Crippen molar-refractivity contribution >= 4 is 22.8 Å². The summed E-state index contributed by atoms with van der Waals surface area (Å²) in [4.78, 5) is 27.4. The first-order valence-corrected chi connectivity index (χ1v) is 7.96. The Morgan fingerprint density at radius 2 is 2.15 bits per heavy atom. The van der Waals surface area contributed by atoms with Crippen LogP contribution in [0.1, 0.15) is 35.1 Å². The number of hydrogen-bond acceptors (Lipinski definition) is 5. The molecule has 0 fully saturated rings. The van der Waals surface area contributed by atoms with Gasteiger partial charge in [-0.1, -0.05) is 0 Å². The third-order valence-corrected chi connectivity index (χ3v) is 4.09. The second-order valence-electron chi connectivity index (χ2n) is 5.92. The molecule has 3 aromatic rings. The van der Waals surface area contributed by atoms with E-state index < -0.39 is 12.0 Å². The molecule has 0 saturated heterocycles. The number of ether oxygens (including phenoxy) is 1. The number of benzene rings is 1. The topological polar surface area (TPSA) is 122 Å². The molecule has 3 N–H and O–H groups in total. The van der Waals surface area contributed by atoms with E-state index in [0.717, 1.165) is 10.9 Å². The van der Waals surface area contributed by atoms with Gasteiger partial charge in [0.25, 0.3) is 5.91 Å². The molecule has 9 heteroatoms. The quantitative estimate of drug-likeness (QED) is 0.613. The first kappa shape index (κ1) is 17.5. The lowest BCUT2D eigenvalue weighted by Gasteiger charge is -2.11. The van der Waals surface area contributed by atoms with E-state index in [1.165, 1.54) is 0 Å². The fourth-order valence-electron chi connectivity index (χ4n) is 2.72. The van der Waals surface area contributed by atoms with E-state index in [0.29, 0.717) is 17.3 Å². The van der Waals surface area contributed by atoms with Crippen LogP contribution in [0.3, 0.4) is 0 Å². The van der Waals surface area contributed by atoms with Gasteiger partial charge in [-0.05, 0) is 25.1 Å². The van der Waals surface area contributed by atoms with Crippen molar-refractivity contribution in [2.75, 3.05) is 7.11 Å². The predicted octanol–water partition coefficient (Wildman–Crippen LogP) is 1.42. The van der Waals surface area contributed by atoms with Gasteiger partial charge in [0, 0.05) is 18.5 Å². The fourth-order valence-corrected chi connectivity index (χ4v) is 2.72. The highest BCUT2D eigenvalue weighted by Gasteiger charge is 2.19. The highest BCUT2D eigenvalue weighted by molar-refractivity contribution is 5.99. The highest BCUT2D eigenvalue weighted by atomic mass is 16.5. The average molecular weight is 357 g/mol. The molecule has 0 spiro atoms. The molecule has 2 heterocycles. The smallest absolute Gasteiger partial charge is 0.311 e. The second kappa shape index (κ2) is 6.87. The maximum absolute atomic E-state index is 12.6. The van der Waals surface area contributed by atoms with Crippen LogP contribution in [0.5, 0.6) is 5.75 Å². The molecule has 1 amide bonds. The van der Waals surface area contributed by atoms with Gasteiger partial charge in [-0.25, -0.2) is 4.98 Å². The van der Waals surface area contributed by atoms with Crippen molar-refractivity contribution in [3.05, 3.63) is 41.6 Å². The number of aromatic nitrogens is 4. The van der Waals surface area contributed by atoms with E-state index in [1.54, 1.807) is 31.7 Å². The molecule has 0 aliphatic carbocycles. The summed E-state index contributed by atoms with van der Waals surface area (Å²) in [5, 5.41) is 19.1. The molecular formula is C17H19N5O4. The van der Waals surface area contributed by atoms with E-state index in [2.05, 4.69) is 20.5 Å². The number of amides is 1. The number of aryl methyl sites for hydroxylation is 1. The molecule has 0 bridgehead atoms. The molecule has 26 heavy (non-hydrogen) atoms. The monoisotopic (exact) mass is 357 g/mol. The highest BCUT2D eigenvalue weighted by Crippen LogP contribution is 2.24. The van der Waals surface area contributed by atoms with E-state index in [4.69, 9.17) is 9.84 Å². The first-order valence-electron chi connectivity index (χ1n) is 7.96. The number of methoxy groups -OCH3 is 1. The van der Waals surface area contributed by atoms with Crippen molar-refractivity contribution < 1.29 is 19.4 Å². The van der Waals surface area contributed by atoms with Crippen molar-refractivity contribution in [1.29, 1.82) is 0 Å². The van der Waals surface area contributed by atoms with Crippen molar-refractivity contribution in [2.24, 2.45) is 7.05 Å². The summed E-state index contributed by atoms with van der Waals surface area (Å²) < 4.78 is 7.01. The van der Waals surface area contributed by atoms with Gasteiger partial charge in [-0.15, -0.1) is 0 Å². The number of aliphatic carboxylic acids is 1. The fraction of sp³-hybridized carbons (Fsp3) is 0.294. The number of nitrogens with one attached hydrogen (secondary N) is 2. The summed E-state index contributed by atoms with van der Waals surface area (Å²) in [6.07, 6.45) is -0.251. The maximum Gasteiger partial charge on any atom is 0.311 e. The molecule has 1 atom stereocenters. The number of carboxylic acids is 1. The standard InChI is InChI=1S/C17H19N5O4/c1-9(16-19-14(20-21-16)8-15(23)24)18-17(25)13-6-10-4-5-11(26-3)7-12(10)22(13)2/h4-7,9H,8H2,1-3H3,(H,18,25)(H,23,24)(H,19,20,21). The second-order valence-corrected chi connectivity index (χ2v) is 5.92. The van der Waals surface area contributed by atoms with Gasteiger partial charge in [0.2, 0.25) is 0 Å². The van der Waals surface area contributed by atoms with Crippen LogP contribution in [-0.4, -0.2) is 43.8 Å². The minimum Gasteiger partial charge on any atom is -0.497 e. The van der Waals surface area contributed by atoms with Crippen LogP contribution in [0.25, 0.3) is 10.9 Å². The number of H-pyrrole nitrogens is 1. The van der Waals surface area contributed by atoms with E-state index in [-0.39, 0.29) is 18.2 Å². The number of aromatic amines is 1. The molecule has 1 aromatic carbocycles. The molecule has 0 aliphatic heterocycles. The maximum atomic E-state index is 12.6. The molecule has 0 aliphatic rings. The molecule has 1 unspecified atom stereocenters. The van der Waals surface area contributed by atoms with Gasteiger partial charge < -0.3 is 19.7 Å². The summed E-state index contributed by atoms with van der Waals surface area (Å²) >= 11 is 0. The van der Waals surface area contributed by atoms with Crippen molar-refractivity contribution in [1.82, 2.24) is 25.1 Å². The molecule has 3 rings (SSSR count). The Morgan fingerprint density at radius 3 is 2.85 bits per heavy atom. The van der Waals surface area contributed by atoms with E-state index in [9.17, 15) is 9.59 Å². The molecule has 0 radical (unpaired) electrons. The molecule has 9 nitrogen and oxygen atoms in total. The van der Waals surface area contributed by atoms with Gasteiger partial charge in [0.05, 0.1) is 18.7 Å². The third-order valence-electron chi connectivity index (χ3n) is 4.09. The average Bonchev–Trinajstić information content (AvgIpc) is 3.19. The Balaban J connectivity index is 1.79. The molecule has 0 saturated carbocycles. The van der Waals surface area contributed by atoms with Crippen LogP contribution < -0.4 is 10.1 Å². The predicted molar refractivity (Wildman–Crippen MR) is 93.1 cm³/mol. The number of nitrogens with zero attached hydrogens (tertiary/aromatic N) is 3. The van der Waals surface area contributed by atoms with Crippen LogP contribution in [0.15, 0.2) is 24.3 Å². The zero-order valence-electron chi connectivity index (χ0n) is 14.6. The zero-order chi connectivity index (χ0) is 18.8. The van der Waals surface area contributed by atoms with E-state index >= 15 is 0 Å². The molecule has 136 valence electrons. The van der Waals surface area contributed by atoms with Gasteiger partial charge in [-0.2, -0.15) is 5.10 Å². The van der Waals surface area contributed by atoms with Gasteiger partial charge in [-0.3, -0.25) is 14.7 Å². The van der Waals surface area contributed by atoms with Gasteiger partial charge in [0.15, 0.2) is 5.82 Å². The third kappa shape index (κ3) is 3.37. The summed E-state index contributed by atoms with van der Waals surface area (Å²) in [6.45, 7) is 1.73. The lowest BCUT2D eigenvalue weighted by atomic mass is 10.2. The normalized spacial score (nSPS) is 12.1. The lowest BCUT2D eigenvalue weighted by molar-refractivity contribution is -0.136. The molecule has 2 aromatic heterocycles. The minimum atomic E-state index is -1.00. The summed E-state index contributed by atoms with van der Waals surface area (Å²) in [5.41, 5.74) is 1.37. The largest absolute Gasteiger partial charge is 0.497 e. The SMILES string of the molecule is COc1ccc2cc(C(=O)NC(C)c3n[nH]c(CC(=O)O)n3)n(C)c2c1. The van der Waals surface area contributed by atoms with Gasteiger partial charge >= 0.3 is 5.97 Å². The number of hydrogen-bond donors (Lipinski definition) is 3. The summed E-state index contributed by atoms with van der Waals surface area (Å²) in [5.74, 6) is 0.00103. The van der Waals surface area contributed by atoms with Gasteiger partial charge in [0.1, 0.15) is 23.7 Å². The number of carbonyl (C=O) groups excluding carboxylic acids is 1. The Kier molecular flexibility index (Phi) is 4.61. The number of carboxylic acid groups (broad SMARTS) is 1. The van der Waals surface area contributed by atoms with Crippen molar-refractivity contribution in [2.45, 2.75) is 19.4 Å². The Bertz CT molecular complexity index is 975. The molecular weight excluding hydrogens is 338 g/mol. The van der Waals surface area contributed by atoms with Crippen molar-refractivity contribution in [3.8, 4) is 5.75 Å². The number of carbonyl (C=O) groups is 2. The Morgan fingerprint density at radius 1 is 1.38 bits per heavy atom. The van der Waals surface area contributed by atoms with Crippen LogP contribution in [0.4, 0.5) is 0 Å². The lowest BCUT2D eigenvalue weighted by Crippen LogP contribution is -2.28. The minimum absolute atomic E-state index is 0.241. The van der Waals surface area contributed by atoms with Crippen LogP contribution in [-0.2, 0) is 18.3 Å². The zero-order valence-corrected chi connectivity index (χ0v) is 14.6.